The molecule has 0 bridgehead atoms. The van der Waals surface area contributed by atoms with Crippen molar-refractivity contribution in [2.24, 2.45) is 10.4 Å². The van der Waals surface area contributed by atoms with Crippen molar-refractivity contribution in [1.82, 2.24) is 20.2 Å². The molecule has 0 saturated heterocycles. The summed E-state index contributed by atoms with van der Waals surface area (Å²) in [5.74, 6) is 0.395. The molecular weight excluding hydrogens is 302 g/mol. The number of aliphatic imine (C=N–C) groups is 1. The Morgan fingerprint density at radius 1 is 1.33 bits per heavy atom. The summed E-state index contributed by atoms with van der Waals surface area (Å²) in [6.45, 7) is 7.78. The lowest BCUT2D eigenvalue weighted by Gasteiger charge is -2.26. The molecule has 3 heterocycles. The molecule has 1 amide bonds. The van der Waals surface area contributed by atoms with Gasteiger partial charge in [-0.3, -0.25) is 20.1 Å². The molecule has 0 aromatic carbocycles. The van der Waals surface area contributed by atoms with Crippen LogP contribution in [-0.2, 0) is 6.54 Å². The van der Waals surface area contributed by atoms with Crippen molar-refractivity contribution >= 4 is 11.9 Å². The van der Waals surface area contributed by atoms with Crippen LogP contribution in [0.1, 0.15) is 36.8 Å². The number of nitrogens with one attached hydrogen (secondary N) is 2. The third-order valence-electron chi connectivity index (χ3n) is 4.18. The second kappa shape index (κ2) is 6.47. The predicted octanol–water partition coefficient (Wildman–Crippen LogP) is 2.04. The fourth-order valence-corrected chi connectivity index (χ4v) is 2.62. The minimum Gasteiger partial charge on any atom is -0.351 e. The fraction of sp³-hybridized carbons (Fsp3) is 0.389. The first-order valence-electron chi connectivity index (χ1n) is 8.10. The molecule has 0 fully saturated rings. The van der Waals surface area contributed by atoms with Gasteiger partial charge in [0, 0.05) is 25.1 Å². The highest BCUT2D eigenvalue weighted by molar-refractivity contribution is 6.05. The molecule has 0 radical (unpaired) electrons. The summed E-state index contributed by atoms with van der Waals surface area (Å²) >= 11 is 0. The number of pyridine rings is 1. The maximum atomic E-state index is 12.6. The molecule has 1 unspecified atom stereocenters. The zero-order chi connectivity index (χ0) is 17.2. The summed E-state index contributed by atoms with van der Waals surface area (Å²) < 4.78 is 1.92. The number of amides is 1. The van der Waals surface area contributed by atoms with Crippen molar-refractivity contribution in [2.45, 2.75) is 33.4 Å². The van der Waals surface area contributed by atoms with Gasteiger partial charge in [-0.05, 0) is 35.2 Å². The highest BCUT2D eigenvalue weighted by Crippen LogP contribution is 2.21. The molecule has 1 atom stereocenters. The lowest BCUT2D eigenvalue weighted by atomic mass is 9.87. The van der Waals surface area contributed by atoms with Crippen LogP contribution in [0, 0.1) is 5.41 Å². The molecule has 2 aromatic rings. The molecule has 0 saturated carbocycles. The van der Waals surface area contributed by atoms with Gasteiger partial charge in [0.05, 0.1) is 12.6 Å². The second-order valence-electron chi connectivity index (χ2n) is 7.08. The van der Waals surface area contributed by atoms with Crippen molar-refractivity contribution in [3.8, 4) is 0 Å². The maximum absolute atomic E-state index is 12.6. The van der Waals surface area contributed by atoms with Gasteiger partial charge in [0.15, 0.2) is 5.96 Å². The van der Waals surface area contributed by atoms with E-state index in [0.717, 1.165) is 5.56 Å². The van der Waals surface area contributed by atoms with Crippen LogP contribution in [0.25, 0.3) is 0 Å². The Balaban J connectivity index is 1.66. The smallest absolute Gasteiger partial charge is 0.274 e. The van der Waals surface area contributed by atoms with Crippen molar-refractivity contribution in [1.29, 1.82) is 0 Å². The van der Waals surface area contributed by atoms with Crippen LogP contribution in [0.5, 0.6) is 0 Å². The summed E-state index contributed by atoms with van der Waals surface area (Å²) in [4.78, 5) is 21.0. The second-order valence-corrected chi connectivity index (χ2v) is 7.08. The fourth-order valence-electron chi connectivity index (χ4n) is 2.62. The van der Waals surface area contributed by atoms with E-state index in [2.05, 4.69) is 41.4 Å². The minimum atomic E-state index is -0.158. The zero-order valence-corrected chi connectivity index (χ0v) is 14.3. The van der Waals surface area contributed by atoms with Gasteiger partial charge in [-0.1, -0.05) is 20.8 Å². The molecule has 3 rings (SSSR count). The van der Waals surface area contributed by atoms with E-state index in [9.17, 15) is 4.79 Å². The zero-order valence-electron chi connectivity index (χ0n) is 14.3. The predicted molar refractivity (Wildman–Crippen MR) is 93.9 cm³/mol. The Hall–Kier alpha value is -2.63. The van der Waals surface area contributed by atoms with E-state index in [1.807, 2.05) is 35.0 Å². The van der Waals surface area contributed by atoms with E-state index in [1.165, 1.54) is 0 Å². The Morgan fingerprint density at radius 2 is 2.08 bits per heavy atom. The lowest BCUT2D eigenvalue weighted by Crippen LogP contribution is -2.46. The number of nitrogens with zero attached hydrogens (tertiary/aromatic N) is 3. The highest BCUT2D eigenvalue weighted by atomic mass is 16.2. The monoisotopic (exact) mass is 325 g/mol. The molecule has 0 spiro atoms. The molecule has 2 aromatic heterocycles. The van der Waals surface area contributed by atoms with Gasteiger partial charge in [0.25, 0.3) is 5.91 Å². The summed E-state index contributed by atoms with van der Waals surface area (Å²) in [5.41, 5.74) is 1.80. The number of carbonyl (C=O) groups is 1. The molecule has 126 valence electrons. The van der Waals surface area contributed by atoms with Gasteiger partial charge < -0.3 is 9.88 Å². The van der Waals surface area contributed by atoms with E-state index in [-0.39, 0.29) is 17.4 Å². The number of aromatic nitrogens is 2. The number of rotatable bonds is 3. The van der Waals surface area contributed by atoms with Crippen molar-refractivity contribution < 1.29 is 4.79 Å². The average Bonchev–Trinajstić information content (AvgIpc) is 3.17. The Labute approximate surface area is 142 Å². The Kier molecular flexibility index (Phi) is 4.38. The van der Waals surface area contributed by atoms with Gasteiger partial charge >= 0.3 is 0 Å². The molecule has 0 aliphatic carbocycles. The standard InChI is InChI=1S/C18H23N5O/c1-18(2,3)15-11-20-17(21-15)22-16(24)14-5-4-10-23(14)12-13-6-8-19-9-7-13/h4-10,15H,11-12H2,1-3H3,(H2,20,21,22,24). The van der Waals surface area contributed by atoms with Gasteiger partial charge in [-0.25, -0.2) is 0 Å². The van der Waals surface area contributed by atoms with Crippen LogP contribution in [0.15, 0.2) is 47.8 Å². The first-order valence-corrected chi connectivity index (χ1v) is 8.10. The largest absolute Gasteiger partial charge is 0.351 e. The average molecular weight is 325 g/mol. The SMILES string of the molecule is CC(C)(C)C1CN=C(NC(=O)c2cccn2Cc2ccncc2)N1. The topological polar surface area (TPSA) is 71.3 Å². The first kappa shape index (κ1) is 16.2. The van der Waals surface area contributed by atoms with Crippen LogP contribution in [0.4, 0.5) is 0 Å². The Morgan fingerprint density at radius 3 is 2.75 bits per heavy atom. The number of hydrogen-bond acceptors (Lipinski definition) is 4. The van der Waals surface area contributed by atoms with E-state index in [0.29, 0.717) is 24.7 Å². The minimum absolute atomic E-state index is 0.0948. The van der Waals surface area contributed by atoms with Crippen molar-refractivity contribution in [3.63, 3.8) is 0 Å². The summed E-state index contributed by atoms with van der Waals surface area (Å²) in [6.07, 6.45) is 5.40. The summed E-state index contributed by atoms with van der Waals surface area (Å²) in [5, 5.41) is 6.17. The van der Waals surface area contributed by atoms with Gasteiger partial charge in [-0.2, -0.15) is 0 Å². The Bertz CT molecular complexity index is 742. The maximum Gasteiger partial charge on any atom is 0.274 e. The molecule has 1 aliphatic rings. The lowest BCUT2D eigenvalue weighted by molar-refractivity contribution is 0.0967. The van der Waals surface area contributed by atoms with Gasteiger partial charge in [0.2, 0.25) is 0 Å². The summed E-state index contributed by atoms with van der Waals surface area (Å²) in [7, 11) is 0. The van der Waals surface area contributed by atoms with Crippen LogP contribution in [-0.4, -0.2) is 34.0 Å². The first-order chi connectivity index (χ1) is 11.4. The third-order valence-corrected chi connectivity index (χ3v) is 4.18. The molecule has 6 heteroatoms. The van der Waals surface area contributed by atoms with Crippen LogP contribution >= 0.6 is 0 Å². The van der Waals surface area contributed by atoms with E-state index < -0.39 is 0 Å². The van der Waals surface area contributed by atoms with Gasteiger partial charge in [0.1, 0.15) is 5.69 Å². The van der Waals surface area contributed by atoms with E-state index >= 15 is 0 Å². The quantitative estimate of drug-likeness (QED) is 0.907. The number of hydrogen-bond donors (Lipinski definition) is 2. The molecular formula is C18H23N5O. The number of guanidine groups is 1. The van der Waals surface area contributed by atoms with Gasteiger partial charge in [-0.15, -0.1) is 0 Å². The van der Waals surface area contributed by atoms with Crippen molar-refractivity contribution in [2.75, 3.05) is 6.54 Å². The van der Waals surface area contributed by atoms with Crippen LogP contribution in [0.3, 0.4) is 0 Å². The molecule has 24 heavy (non-hydrogen) atoms. The number of carbonyl (C=O) groups excluding carboxylic acids is 1. The third kappa shape index (κ3) is 3.64. The van der Waals surface area contributed by atoms with Crippen LogP contribution in [0.2, 0.25) is 0 Å². The van der Waals surface area contributed by atoms with Crippen molar-refractivity contribution in [3.05, 3.63) is 54.1 Å². The summed E-state index contributed by atoms with van der Waals surface area (Å²) in [6, 6.07) is 7.80. The van der Waals surface area contributed by atoms with Crippen LogP contribution < -0.4 is 10.6 Å². The molecule has 2 N–H and O–H groups in total. The molecule has 1 aliphatic heterocycles. The molecule has 6 nitrogen and oxygen atoms in total. The highest BCUT2D eigenvalue weighted by Gasteiger charge is 2.29. The van der Waals surface area contributed by atoms with E-state index in [4.69, 9.17) is 0 Å². The normalized spacial score (nSPS) is 17.3. The van der Waals surface area contributed by atoms with E-state index in [1.54, 1.807) is 12.4 Å².